The quantitative estimate of drug-likeness (QED) is 0.758. The highest BCUT2D eigenvalue weighted by molar-refractivity contribution is 6.31. The van der Waals surface area contributed by atoms with Crippen LogP contribution in [0.15, 0.2) is 18.2 Å². The van der Waals surface area contributed by atoms with Crippen LogP contribution in [0.3, 0.4) is 0 Å². The number of hydrogen-bond donors (Lipinski definition) is 2. The lowest BCUT2D eigenvalue weighted by atomic mass is 10.1. The van der Waals surface area contributed by atoms with Crippen LogP contribution in [0.4, 0.5) is 0 Å². The van der Waals surface area contributed by atoms with Crippen molar-refractivity contribution in [1.82, 2.24) is 5.32 Å². The Labute approximate surface area is 106 Å². The maximum atomic E-state index is 11.5. The Morgan fingerprint density at radius 1 is 1.53 bits per heavy atom. The number of amides is 1. The molecule has 4 nitrogen and oxygen atoms in total. The molecule has 0 aliphatic heterocycles. The van der Waals surface area contributed by atoms with E-state index in [1.165, 1.54) is 0 Å². The van der Waals surface area contributed by atoms with E-state index in [2.05, 4.69) is 5.32 Å². The van der Waals surface area contributed by atoms with Crippen molar-refractivity contribution in [2.24, 2.45) is 0 Å². The number of hydrogen-bond acceptors (Lipinski definition) is 3. The van der Waals surface area contributed by atoms with Gasteiger partial charge in [-0.25, -0.2) is 0 Å². The second kappa shape index (κ2) is 7.14. The number of benzene rings is 1. The van der Waals surface area contributed by atoms with Gasteiger partial charge in [0.1, 0.15) is 5.75 Å². The number of carbonyl (C=O) groups excluding carboxylic acids is 1. The number of rotatable bonds is 6. The molecule has 0 aliphatic rings. The molecule has 0 saturated heterocycles. The minimum Gasteiger partial charge on any atom is -0.497 e. The topological polar surface area (TPSA) is 58.6 Å². The third kappa shape index (κ3) is 4.63. The fourth-order valence-electron chi connectivity index (χ4n) is 1.34. The van der Waals surface area contributed by atoms with Gasteiger partial charge in [-0.05, 0) is 24.1 Å². The molecule has 0 radical (unpaired) electrons. The van der Waals surface area contributed by atoms with Crippen LogP contribution >= 0.6 is 11.6 Å². The smallest absolute Gasteiger partial charge is 0.224 e. The van der Waals surface area contributed by atoms with Gasteiger partial charge in [-0.2, -0.15) is 0 Å². The molecule has 0 bridgehead atoms. The Morgan fingerprint density at radius 2 is 2.29 bits per heavy atom. The van der Waals surface area contributed by atoms with E-state index in [9.17, 15) is 4.79 Å². The van der Waals surface area contributed by atoms with Crippen LogP contribution in [-0.2, 0) is 11.2 Å². The number of aliphatic hydroxyl groups excluding tert-OH is 1. The van der Waals surface area contributed by atoms with Crippen LogP contribution in [0, 0.1) is 0 Å². The molecule has 17 heavy (non-hydrogen) atoms. The predicted molar refractivity (Wildman–Crippen MR) is 66.4 cm³/mol. The zero-order valence-corrected chi connectivity index (χ0v) is 10.5. The van der Waals surface area contributed by atoms with Crippen molar-refractivity contribution in [3.63, 3.8) is 0 Å². The minimum absolute atomic E-state index is 0.0730. The number of aliphatic hydroxyl groups is 1. The zero-order chi connectivity index (χ0) is 12.7. The van der Waals surface area contributed by atoms with E-state index >= 15 is 0 Å². The van der Waals surface area contributed by atoms with E-state index in [0.29, 0.717) is 23.7 Å². The largest absolute Gasteiger partial charge is 0.497 e. The van der Waals surface area contributed by atoms with Crippen LogP contribution in [0.5, 0.6) is 5.75 Å². The summed E-state index contributed by atoms with van der Waals surface area (Å²) in [4.78, 5) is 11.5. The van der Waals surface area contributed by atoms with E-state index in [-0.39, 0.29) is 18.9 Å². The Hall–Kier alpha value is -1.26. The summed E-state index contributed by atoms with van der Waals surface area (Å²) < 4.78 is 5.02. The first-order chi connectivity index (χ1) is 8.17. The standard InChI is InChI=1S/C12H16ClNO3/c1-17-10-4-3-9(11(13)8-10)7-12(16)14-5-2-6-15/h3-4,8,15H,2,5-7H2,1H3,(H,14,16). The fourth-order valence-corrected chi connectivity index (χ4v) is 1.58. The fraction of sp³-hybridized carbons (Fsp3) is 0.417. The molecule has 0 atom stereocenters. The second-order valence-corrected chi connectivity index (χ2v) is 3.97. The van der Waals surface area contributed by atoms with Gasteiger partial charge < -0.3 is 15.2 Å². The highest BCUT2D eigenvalue weighted by atomic mass is 35.5. The van der Waals surface area contributed by atoms with Gasteiger partial charge in [0.25, 0.3) is 0 Å². The van der Waals surface area contributed by atoms with Crippen LogP contribution in [-0.4, -0.2) is 31.3 Å². The van der Waals surface area contributed by atoms with Crippen molar-refractivity contribution >= 4 is 17.5 Å². The average Bonchev–Trinajstić information content (AvgIpc) is 2.32. The molecular formula is C12H16ClNO3. The van der Waals surface area contributed by atoms with Crippen LogP contribution in [0.2, 0.25) is 5.02 Å². The average molecular weight is 258 g/mol. The highest BCUT2D eigenvalue weighted by Crippen LogP contribution is 2.22. The first-order valence-electron chi connectivity index (χ1n) is 5.37. The van der Waals surface area contributed by atoms with Gasteiger partial charge in [-0.1, -0.05) is 17.7 Å². The number of ether oxygens (including phenoxy) is 1. The first-order valence-corrected chi connectivity index (χ1v) is 5.75. The van der Waals surface area contributed by atoms with Crippen molar-refractivity contribution in [2.45, 2.75) is 12.8 Å². The molecule has 0 fully saturated rings. The number of methoxy groups -OCH3 is 1. The monoisotopic (exact) mass is 257 g/mol. The van der Waals surface area contributed by atoms with Gasteiger partial charge in [-0.3, -0.25) is 4.79 Å². The summed E-state index contributed by atoms with van der Waals surface area (Å²) >= 11 is 6.01. The molecule has 0 aliphatic carbocycles. The zero-order valence-electron chi connectivity index (χ0n) is 9.70. The second-order valence-electron chi connectivity index (χ2n) is 3.56. The third-order valence-electron chi connectivity index (χ3n) is 2.27. The molecule has 0 heterocycles. The van der Waals surface area contributed by atoms with Crippen molar-refractivity contribution in [3.05, 3.63) is 28.8 Å². The van der Waals surface area contributed by atoms with Crippen molar-refractivity contribution < 1.29 is 14.6 Å². The Morgan fingerprint density at radius 3 is 2.88 bits per heavy atom. The highest BCUT2D eigenvalue weighted by Gasteiger charge is 2.07. The number of nitrogens with one attached hydrogen (secondary N) is 1. The van der Waals surface area contributed by atoms with Gasteiger partial charge in [0, 0.05) is 18.2 Å². The van der Waals surface area contributed by atoms with E-state index in [4.69, 9.17) is 21.4 Å². The van der Waals surface area contributed by atoms with E-state index < -0.39 is 0 Å². The van der Waals surface area contributed by atoms with E-state index in [1.807, 2.05) is 0 Å². The summed E-state index contributed by atoms with van der Waals surface area (Å²) in [7, 11) is 1.56. The van der Waals surface area contributed by atoms with Gasteiger partial charge >= 0.3 is 0 Å². The van der Waals surface area contributed by atoms with Crippen molar-refractivity contribution in [1.29, 1.82) is 0 Å². The molecule has 1 aromatic rings. The molecule has 0 saturated carbocycles. The van der Waals surface area contributed by atoms with Crippen LogP contribution < -0.4 is 10.1 Å². The Balaban J connectivity index is 2.53. The van der Waals surface area contributed by atoms with Crippen molar-refractivity contribution in [3.8, 4) is 5.75 Å². The van der Waals surface area contributed by atoms with E-state index in [1.54, 1.807) is 25.3 Å². The summed E-state index contributed by atoms with van der Waals surface area (Å²) in [5.41, 5.74) is 0.758. The summed E-state index contributed by atoms with van der Waals surface area (Å²) in [6.45, 7) is 0.548. The van der Waals surface area contributed by atoms with Gasteiger partial charge in [0.2, 0.25) is 5.91 Å². The van der Waals surface area contributed by atoms with E-state index in [0.717, 1.165) is 5.56 Å². The van der Waals surface area contributed by atoms with Gasteiger partial charge in [0.15, 0.2) is 0 Å². The molecule has 0 spiro atoms. The molecule has 5 heteroatoms. The molecule has 2 N–H and O–H groups in total. The predicted octanol–water partition coefficient (Wildman–Crippen LogP) is 1.39. The maximum Gasteiger partial charge on any atom is 0.224 e. The van der Waals surface area contributed by atoms with Crippen molar-refractivity contribution in [2.75, 3.05) is 20.3 Å². The summed E-state index contributed by atoms with van der Waals surface area (Å²) in [5.74, 6) is 0.560. The van der Waals surface area contributed by atoms with Crippen LogP contribution in [0.25, 0.3) is 0 Å². The first kappa shape index (κ1) is 13.8. The molecular weight excluding hydrogens is 242 g/mol. The lowest BCUT2D eigenvalue weighted by molar-refractivity contribution is -0.120. The van der Waals surface area contributed by atoms with Crippen LogP contribution in [0.1, 0.15) is 12.0 Å². The number of carbonyl (C=O) groups is 1. The summed E-state index contributed by atoms with van der Waals surface area (Å²) in [6, 6.07) is 5.22. The lowest BCUT2D eigenvalue weighted by Gasteiger charge is -2.07. The van der Waals surface area contributed by atoms with Gasteiger partial charge in [-0.15, -0.1) is 0 Å². The SMILES string of the molecule is COc1ccc(CC(=O)NCCCO)c(Cl)c1. The van der Waals surface area contributed by atoms with Gasteiger partial charge in [0.05, 0.1) is 13.5 Å². The maximum absolute atomic E-state index is 11.5. The minimum atomic E-state index is -0.106. The normalized spacial score (nSPS) is 10.1. The molecule has 1 rings (SSSR count). The Bertz CT molecular complexity index is 382. The lowest BCUT2D eigenvalue weighted by Crippen LogP contribution is -2.26. The number of halogens is 1. The summed E-state index contributed by atoms with van der Waals surface area (Å²) in [5, 5.41) is 11.8. The molecule has 94 valence electrons. The molecule has 1 aromatic carbocycles. The molecule has 0 unspecified atom stereocenters. The molecule has 1 amide bonds. The molecule has 0 aromatic heterocycles. The Kier molecular flexibility index (Phi) is 5.80. The third-order valence-corrected chi connectivity index (χ3v) is 2.62. The summed E-state index contributed by atoms with van der Waals surface area (Å²) in [6.07, 6.45) is 0.788.